The number of hydrogen-bond donors (Lipinski definition) is 1. The number of thiazole rings is 1. The lowest BCUT2D eigenvalue weighted by Gasteiger charge is -2.21. The number of nitrogens with zero attached hydrogens (tertiary/aromatic N) is 1. The van der Waals surface area contributed by atoms with Crippen LogP contribution in [0.1, 0.15) is 11.1 Å². The summed E-state index contributed by atoms with van der Waals surface area (Å²) in [6.07, 6.45) is 0.0887. The van der Waals surface area contributed by atoms with Gasteiger partial charge in [-0.25, -0.2) is 4.98 Å². The van der Waals surface area contributed by atoms with Crippen molar-refractivity contribution in [1.29, 1.82) is 0 Å². The molecule has 1 aromatic carbocycles. The maximum atomic E-state index is 5.72. The fraction of sp³-hybridized carbons (Fsp3) is 0.357. The molecular formula is C14H16N2O2S. The topological polar surface area (TPSA) is 43.4 Å². The minimum absolute atomic E-state index is 0.0887. The predicted octanol–water partition coefficient (Wildman–Crippen LogP) is 2.48. The van der Waals surface area contributed by atoms with Crippen LogP contribution in [0.2, 0.25) is 0 Å². The van der Waals surface area contributed by atoms with E-state index in [9.17, 15) is 0 Å². The number of aromatic nitrogens is 1. The summed E-state index contributed by atoms with van der Waals surface area (Å²) in [5, 5.41) is 6.44. The summed E-state index contributed by atoms with van der Waals surface area (Å²) in [6.45, 7) is 2.52. The largest absolute Gasteiger partial charge is 0.497 e. The highest BCUT2D eigenvalue weighted by Gasteiger charge is 2.19. The molecule has 1 aliphatic rings. The van der Waals surface area contributed by atoms with Crippen molar-refractivity contribution in [2.45, 2.75) is 6.10 Å². The fourth-order valence-corrected chi connectivity index (χ4v) is 2.93. The summed E-state index contributed by atoms with van der Waals surface area (Å²) in [5.74, 6) is 0.860. The molecule has 2 heterocycles. The van der Waals surface area contributed by atoms with Gasteiger partial charge < -0.3 is 14.8 Å². The molecule has 0 amide bonds. The Morgan fingerprint density at radius 1 is 1.37 bits per heavy atom. The minimum Gasteiger partial charge on any atom is -0.497 e. The molecule has 1 aromatic heterocycles. The molecule has 3 rings (SSSR count). The Balaban J connectivity index is 1.79. The van der Waals surface area contributed by atoms with E-state index in [2.05, 4.69) is 15.7 Å². The van der Waals surface area contributed by atoms with Gasteiger partial charge in [-0.1, -0.05) is 0 Å². The second-order valence-corrected chi connectivity index (χ2v) is 5.25. The van der Waals surface area contributed by atoms with Gasteiger partial charge in [0.2, 0.25) is 0 Å². The highest BCUT2D eigenvalue weighted by atomic mass is 32.1. The van der Waals surface area contributed by atoms with Crippen LogP contribution in [0.3, 0.4) is 0 Å². The maximum absolute atomic E-state index is 5.72. The summed E-state index contributed by atoms with van der Waals surface area (Å²) in [7, 11) is 1.67. The van der Waals surface area contributed by atoms with E-state index in [1.54, 1.807) is 18.4 Å². The zero-order chi connectivity index (χ0) is 13.1. The van der Waals surface area contributed by atoms with Crippen LogP contribution in [0.4, 0.5) is 0 Å². The van der Waals surface area contributed by atoms with Crippen molar-refractivity contribution in [2.75, 3.05) is 26.8 Å². The van der Waals surface area contributed by atoms with Crippen molar-refractivity contribution in [1.82, 2.24) is 10.3 Å². The monoisotopic (exact) mass is 276 g/mol. The quantitative estimate of drug-likeness (QED) is 0.935. The van der Waals surface area contributed by atoms with Crippen LogP contribution in [0.15, 0.2) is 29.6 Å². The predicted molar refractivity (Wildman–Crippen MR) is 75.7 cm³/mol. The average molecular weight is 276 g/mol. The molecule has 1 aliphatic heterocycles. The Kier molecular flexibility index (Phi) is 3.77. The zero-order valence-electron chi connectivity index (χ0n) is 10.8. The van der Waals surface area contributed by atoms with Gasteiger partial charge in [-0.2, -0.15) is 0 Å². The molecule has 1 saturated heterocycles. The van der Waals surface area contributed by atoms with Crippen LogP contribution in [0.25, 0.3) is 11.3 Å². The second kappa shape index (κ2) is 5.69. The number of methoxy groups -OCH3 is 1. The van der Waals surface area contributed by atoms with E-state index in [4.69, 9.17) is 9.47 Å². The van der Waals surface area contributed by atoms with E-state index < -0.39 is 0 Å². The molecule has 0 spiro atoms. The van der Waals surface area contributed by atoms with E-state index in [0.717, 1.165) is 41.7 Å². The molecule has 1 unspecified atom stereocenters. The summed E-state index contributed by atoms with van der Waals surface area (Å²) >= 11 is 1.65. The molecular weight excluding hydrogens is 260 g/mol. The first-order valence-electron chi connectivity index (χ1n) is 6.29. The van der Waals surface area contributed by atoms with Crippen LogP contribution >= 0.6 is 11.3 Å². The normalized spacial score (nSPS) is 19.3. The standard InChI is InChI=1S/C14H16N2O2S/c1-17-11-4-2-10(3-5-11)12-9-19-14(16-12)13-8-15-6-7-18-13/h2-5,9,13,15H,6-8H2,1H3. The lowest BCUT2D eigenvalue weighted by molar-refractivity contribution is 0.0276. The van der Waals surface area contributed by atoms with Crippen molar-refractivity contribution in [3.63, 3.8) is 0 Å². The number of morpholine rings is 1. The van der Waals surface area contributed by atoms with Crippen LogP contribution in [0.5, 0.6) is 5.75 Å². The van der Waals surface area contributed by atoms with Gasteiger partial charge in [0.1, 0.15) is 16.9 Å². The number of ether oxygens (including phenoxy) is 2. The lowest BCUT2D eigenvalue weighted by Crippen LogP contribution is -2.33. The van der Waals surface area contributed by atoms with Crippen molar-refractivity contribution in [3.05, 3.63) is 34.7 Å². The van der Waals surface area contributed by atoms with Crippen LogP contribution < -0.4 is 10.1 Å². The van der Waals surface area contributed by atoms with Crippen LogP contribution in [0, 0.1) is 0 Å². The molecule has 0 radical (unpaired) electrons. The SMILES string of the molecule is COc1ccc(-c2csc(C3CNCCO3)n2)cc1. The molecule has 1 fully saturated rings. The number of benzene rings is 1. The number of nitrogens with one attached hydrogen (secondary N) is 1. The van der Waals surface area contributed by atoms with Gasteiger partial charge in [0.05, 0.1) is 19.4 Å². The average Bonchev–Trinajstić information content (AvgIpc) is 2.98. The molecule has 0 saturated carbocycles. The van der Waals surface area contributed by atoms with Crippen molar-refractivity contribution in [3.8, 4) is 17.0 Å². The summed E-state index contributed by atoms with van der Waals surface area (Å²) in [6, 6.07) is 7.95. The molecule has 0 bridgehead atoms. The minimum atomic E-state index is 0.0887. The molecule has 100 valence electrons. The smallest absolute Gasteiger partial charge is 0.124 e. The highest BCUT2D eigenvalue weighted by molar-refractivity contribution is 7.10. The van der Waals surface area contributed by atoms with Crippen LogP contribution in [-0.2, 0) is 4.74 Å². The number of rotatable bonds is 3. The molecule has 2 aromatic rings. The molecule has 4 nitrogen and oxygen atoms in total. The Morgan fingerprint density at radius 2 is 2.21 bits per heavy atom. The van der Waals surface area contributed by atoms with Crippen molar-refractivity contribution >= 4 is 11.3 Å². The second-order valence-electron chi connectivity index (χ2n) is 4.36. The molecule has 1 N–H and O–H groups in total. The van der Waals surface area contributed by atoms with Gasteiger partial charge in [0.15, 0.2) is 0 Å². The maximum Gasteiger partial charge on any atom is 0.124 e. The van der Waals surface area contributed by atoms with E-state index in [0.29, 0.717) is 0 Å². The first-order valence-corrected chi connectivity index (χ1v) is 7.17. The summed E-state index contributed by atoms with van der Waals surface area (Å²) in [5.41, 5.74) is 2.10. The van der Waals surface area contributed by atoms with Gasteiger partial charge in [0.25, 0.3) is 0 Å². The van der Waals surface area contributed by atoms with E-state index in [1.807, 2.05) is 24.3 Å². The van der Waals surface area contributed by atoms with Gasteiger partial charge in [-0.15, -0.1) is 11.3 Å². The van der Waals surface area contributed by atoms with Crippen molar-refractivity contribution < 1.29 is 9.47 Å². The first kappa shape index (κ1) is 12.6. The third-order valence-corrected chi connectivity index (χ3v) is 4.05. The highest BCUT2D eigenvalue weighted by Crippen LogP contribution is 2.28. The van der Waals surface area contributed by atoms with Gasteiger partial charge >= 0.3 is 0 Å². The first-order chi connectivity index (χ1) is 9.36. The van der Waals surface area contributed by atoms with E-state index in [-0.39, 0.29) is 6.10 Å². The molecule has 0 aliphatic carbocycles. The van der Waals surface area contributed by atoms with Gasteiger partial charge in [-0.3, -0.25) is 0 Å². The molecule has 5 heteroatoms. The molecule has 1 atom stereocenters. The number of hydrogen-bond acceptors (Lipinski definition) is 5. The third-order valence-electron chi connectivity index (χ3n) is 3.11. The lowest BCUT2D eigenvalue weighted by atomic mass is 10.2. The fourth-order valence-electron chi connectivity index (χ4n) is 2.05. The Labute approximate surface area is 116 Å². The van der Waals surface area contributed by atoms with Crippen molar-refractivity contribution in [2.24, 2.45) is 0 Å². The third kappa shape index (κ3) is 2.78. The Hall–Kier alpha value is -1.43. The van der Waals surface area contributed by atoms with Gasteiger partial charge in [-0.05, 0) is 24.3 Å². The Morgan fingerprint density at radius 3 is 2.89 bits per heavy atom. The van der Waals surface area contributed by atoms with E-state index >= 15 is 0 Å². The summed E-state index contributed by atoms with van der Waals surface area (Å²) < 4.78 is 10.9. The summed E-state index contributed by atoms with van der Waals surface area (Å²) in [4.78, 5) is 4.67. The zero-order valence-corrected chi connectivity index (χ0v) is 11.6. The Bertz CT molecular complexity index is 533. The van der Waals surface area contributed by atoms with Gasteiger partial charge in [0, 0.05) is 24.0 Å². The van der Waals surface area contributed by atoms with Crippen LogP contribution in [-0.4, -0.2) is 31.8 Å². The van der Waals surface area contributed by atoms with E-state index in [1.165, 1.54) is 0 Å². The molecule has 19 heavy (non-hydrogen) atoms.